The summed E-state index contributed by atoms with van der Waals surface area (Å²) in [5.74, 6) is -1.27. The number of esters is 1. The van der Waals surface area contributed by atoms with Crippen LogP contribution in [0.3, 0.4) is 0 Å². The van der Waals surface area contributed by atoms with Gasteiger partial charge in [0.05, 0.1) is 20.5 Å². The third-order valence-corrected chi connectivity index (χ3v) is 6.96. The summed E-state index contributed by atoms with van der Waals surface area (Å²) in [6.07, 6.45) is -2.78. The number of rotatable bonds is 8. The summed E-state index contributed by atoms with van der Waals surface area (Å²) >= 11 is 3.07. The Kier molecular flexibility index (Phi) is 10.1. The van der Waals surface area contributed by atoms with Gasteiger partial charge in [0.15, 0.2) is 5.56 Å². The van der Waals surface area contributed by atoms with E-state index in [1.165, 1.54) is 25.2 Å². The molecule has 0 spiro atoms. The van der Waals surface area contributed by atoms with Crippen LogP contribution in [-0.4, -0.2) is 59.7 Å². The number of piperidine rings is 1. The van der Waals surface area contributed by atoms with Crippen molar-refractivity contribution in [2.45, 2.75) is 58.5 Å². The minimum absolute atomic E-state index is 0.00802. The largest absolute Gasteiger partial charge is 0.503 e. The molecule has 2 heterocycles. The average Bonchev–Trinajstić information content (AvgIpc) is 3.20. The summed E-state index contributed by atoms with van der Waals surface area (Å²) < 4.78 is 64.0. The summed E-state index contributed by atoms with van der Waals surface area (Å²) in [6, 6.07) is 6.58. The van der Waals surface area contributed by atoms with Gasteiger partial charge in [0.25, 0.3) is 0 Å². The fourth-order valence-electron chi connectivity index (χ4n) is 4.25. The van der Waals surface area contributed by atoms with E-state index >= 15 is 0 Å². The molecule has 1 aliphatic rings. The van der Waals surface area contributed by atoms with Gasteiger partial charge >= 0.3 is 18.2 Å². The zero-order valence-corrected chi connectivity index (χ0v) is 24.6. The molecule has 220 valence electrons. The number of carbonyl (C=O) groups is 2. The van der Waals surface area contributed by atoms with Crippen LogP contribution in [0.4, 0.5) is 18.0 Å². The van der Waals surface area contributed by atoms with Crippen molar-refractivity contribution in [3.63, 3.8) is 0 Å². The first kappa shape index (κ1) is 31.3. The van der Waals surface area contributed by atoms with Crippen LogP contribution >= 0.6 is 15.9 Å². The topological polar surface area (TPSA) is 92.1 Å². The van der Waals surface area contributed by atoms with Crippen molar-refractivity contribution in [2.24, 2.45) is 5.92 Å². The number of carbonyl (C=O) groups excluding carboxylic acids is 2. The molecule has 0 atom stereocenters. The predicted molar refractivity (Wildman–Crippen MR) is 143 cm³/mol. The predicted octanol–water partition coefficient (Wildman–Crippen LogP) is 6.05. The van der Waals surface area contributed by atoms with Crippen LogP contribution in [-0.2, 0) is 38.3 Å². The van der Waals surface area contributed by atoms with E-state index < -0.39 is 35.3 Å². The van der Waals surface area contributed by atoms with Gasteiger partial charge in [-0.1, -0.05) is 24.3 Å². The molecule has 0 aliphatic carbocycles. The number of benzene rings is 1. The first-order valence-corrected chi connectivity index (χ1v) is 13.4. The van der Waals surface area contributed by atoms with Gasteiger partial charge in [-0.3, -0.25) is 4.68 Å². The zero-order valence-electron chi connectivity index (χ0n) is 23.0. The average molecular weight is 632 g/mol. The van der Waals surface area contributed by atoms with E-state index in [-0.39, 0.29) is 29.2 Å². The van der Waals surface area contributed by atoms with Crippen LogP contribution in [0.2, 0.25) is 0 Å². The van der Waals surface area contributed by atoms with Crippen molar-refractivity contribution in [1.82, 2.24) is 14.7 Å². The van der Waals surface area contributed by atoms with Crippen molar-refractivity contribution in [1.29, 1.82) is 0 Å². The van der Waals surface area contributed by atoms with Gasteiger partial charge in [0.2, 0.25) is 5.88 Å². The molecular formula is C27H33BrF3N3O6. The molecule has 1 aliphatic heterocycles. The first-order valence-electron chi connectivity index (χ1n) is 12.6. The molecule has 1 saturated heterocycles. The van der Waals surface area contributed by atoms with E-state index in [0.29, 0.717) is 37.1 Å². The number of halogens is 4. The highest BCUT2D eigenvalue weighted by molar-refractivity contribution is 9.10. The van der Waals surface area contributed by atoms with E-state index in [0.717, 1.165) is 0 Å². The monoisotopic (exact) mass is 631 g/mol. The van der Waals surface area contributed by atoms with Crippen LogP contribution in [0.1, 0.15) is 50.3 Å². The second-order valence-electron chi connectivity index (χ2n) is 10.3. The Bertz CT molecular complexity index is 1230. The van der Waals surface area contributed by atoms with Crippen molar-refractivity contribution >= 4 is 33.6 Å². The number of ether oxygens (including phenoxy) is 4. The van der Waals surface area contributed by atoms with Gasteiger partial charge in [0.1, 0.15) is 22.4 Å². The highest BCUT2D eigenvalue weighted by atomic mass is 79.9. The number of hydrogen-bond donors (Lipinski definition) is 0. The van der Waals surface area contributed by atoms with Gasteiger partial charge in [-0.05, 0) is 66.6 Å². The van der Waals surface area contributed by atoms with E-state index in [4.69, 9.17) is 18.9 Å². The summed E-state index contributed by atoms with van der Waals surface area (Å²) in [6.45, 7) is 6.14. The van der Waals surface area contributed by atoms with E-state index in [1.54, 1.807) is 49.9 Å². The molecular weight excluding hydrogens is 599 g/mol. The molecule has 0 bridgehead atoms. The molecule has 9 nitrogen and oxygen atoms in total. The minimum atomic E-state index is -4.74. The van der Waals surface area contributed by atoms with E-state index in [1.807, 2.05) is 0 Å². The fraction of sp³-hybridized carbons (Fsp3) is 0.519. The maximum atomic E-state index is 14.1. The second-order valence-corrected chi connectivity index (χ2v) is 11.0. The van der Waals surface area contributed by atoms with E-state index in [2.05, 4.69) is 21.0 Å². The molecule has 0 radical (unpaired) electrons. The zero-order chi connectivity index (χ0) is 29.7. The standard InChI is InChI=1S/C27H33BrF3N3O6/c1-26(2,3)40-25(36)33-12-10-17(11-13-33)14-34-22(28)21(27(29,30)31)23(32-34)39-15-18-8-6-7-9-19(18)20(16-37-4)24(35)38-5/h6-9,16-17H,10-15H2,1-5H3/b20-16+. The molecule has 1 aromatic carbocycles. The lowest BCUT2D eigenvalue weighted by molar-refractivity contribution is -0.139. The Morgan fingerprint density at radius 2 is 1.77 bits per heavy atom. The van der Waals surface area contributed by atoms with Crippen molar-refractivity contribution in [2.75, 3.05) is 27.3 Å². The van der Waals surface area contributed by atoms with E-state index in [9.17, 15) is 22.8 Å². The number of hydrogen-bond acceptors (Lipinski definition) is 7. The molecule has 1 fully saturated rings. The Labute approximate surface area is 239 Å². The highest BCUT2D eigenvalue weighted by Gasteiger charge is 2.41. The maximum absolute atomic E-state index is 14.1. The summed E-state index contributed by atoms with van der Waals surface area (Å²) in [4.78, 5) is 26.2. The van der Waals surface area contributed by atoms with Crippen molar-refractivity contribution in [3.8, 4) is 5.88 Å². The molecule has 0 unspecified atom stereocenters. The third-order valence-electron chi connectivity index (χ3n) is 6.15. The number of methoxy groups -OCH3 is 2. The van der Waals surface area contributed by atoms with Gasteiger partial charge in [-0.25, -0.2) is 9.59 Å². The Balaban J connectivity index is 1.78. The van der Waals surface area contributed by atoms with Crippen LogP contribution in [0, 0.1) is 5.92 Å². The summed E-state index contributed by atoms with van der Waals surface area (Å²) in [5.41, 5.74) is -0.731. The molecule has 2 aromatic rings. The van der Waals surface area contributed by atoms with Crippen LogP contribution in [0.5, 0.6) is 5.88 Å². The highest BCUT2D eigenvalue weighted by Crippen LogP contribution is 2.42. The number of aromatic nitrogens is 2. The SMILES string of the molecule is CO/C=C(/C(=O)OC)c1ccccc1COc1nn(CC2CCN(C(=O)OC(C)(C)C)CC2)c(Br)c1C(F)(F)F. The minimum Gasteiger partial charge on any atom is -0.503 e. The summed E-state index contributed by atoms with van der Waals surface area (Å²) in [7, 11) is 2.58. The maximum Gasteiger partial charge on any atom is 0.424 e. The molecule has 0 saturated carbocycles. The van der Waals surface area contributed by atoms with Crippen LogP contribution in [0.25, 0.3) is 5.57 Å². The third kappa shape index (κ3) is 7.92. The first-order chi connectivity index (χ1) is 18.7. The molecule has 1 amide bonds. The summed E-state index contributed by atoms with van der Waals surface area (Å²) in [5, 5.41) is 4.14. The lowest BCUT2D eigenvalue weighted by atomic mass is 9.97. The number of nitrogens with zero attached hydrogens (tertiary/aromatic N) is 3. The Hall–Kier alpha value is -3.22. The van der Waals surface area contributed by atoms with Crippen LogP contribution < -0.4 is 4.74 Å². The molecule has 40 heavy (non-hydrogen) atoms. The van der Waals surface area contributed by atoms with Crippen molar-refractivity contribution in [3.05, 3.63) is 51.8 Å². The molecule has 13 heteroatoms. The molecule has 1 aromatic heterocycles. The van der Waals surface area contributed by atoms with Crippen LogP contribution in [0.15, 0.2) is 35.1 Å². The fourth-order valence-corrected chi connectivity index (χ4v) is 4.87. The Morgan fingerprint density at radius 3 is 2.35 bits per heavy atom. The van der Waals surface area contributed by atoms with Gasteiger partial charge in [-0.15, -0.1) is 5.10 Å². The lowest BCUT2D eigenvalue weighted by Gasteiger charge is -2.33. The number of amides is 1. The number of likely N-dealkylation sites (tertiary alicyclic amines) is 1. The normalized spacial score (nSPS) is 15.1. The van der Waals surface area contributed by atoms with Gasteiger partial charge in [-0.2, -0.15) is 13.2 Å². The molecule has 3 rings (SSSR count). The lowest BCUT2D eigenvalue weighted by Crippen LogP contribution is -2.42. The van der Waals surface area contributed by atoms with Gasteiger partial charge < -0.3 is 23.8 Å². The quantitative estimate of drug-likeness (QED) is 0.199. The number of alkyl halides is 3. The van der Waals surface area contributed by atoms with Gasteiger partial charge in [0, 0.05) is 19.6 Å². The smallest absolute Gasteiger partial charge is 0.424 e. The van der Waals surface area contributed by atoms with Crippen molar-refractivity contribution < 1.29 is 41.7 Å². The second kappa shape index (κ2) is 13.0. The Morgan fingerprint density at radius 1 is 1.12 bits per heavy atom. The molecule has 0 N–H and O–H groups in total.